The topological polar surface area (TPSA) is 89.9 Å². The summed E-state index contributed by atoms with van der Waals surface area (Å²) in [6.45, 7) is 2.98. The Balaban J connectivity index is 1.94. The van der Waals surface area contributed by atoms with Crippen molar-refractivity contribution in [3.63, 3.8) is 0 Å². The van der Waals surface area contributed by atoms with E-state index >= 15 is 0 Å². The van der Waals surface area contributed by atoms with Crippen molar-refractivity contribution in [2.24, 2.45) is 0 Å². The molecule has 2 rings (SSSR count). The molecule has 0 saturated carbocycles. The lowest BCUT2D eigenvalue weighted by molar-refractivity contribution is 0.277. The van der Waals surface area contributed by atoms with Crippen molar-refractivity contribution in [3.8, 4) is 11.5 Å². The highest BCUT2D eigenvalue weighted by molar-refractivity contribution is 7.88. The van der Waals surface area contributed by atoms with Crippen molar-refractivity contribution in [3.05, 3.63) is 23.8 Å². The van der Waals surface area contributed by atoms with Gasteiger partial charge in [-0.25, -0.2) is 12.7 Å². The molecule has 7 heteroatoms. The Bertz CT molecular complexity index is 595. The summed E-state index contributed by atoms with van der Waals surface area (Å²) >= 11 is 0. The third-order valence-corrected chi connectivity index (χ3v) is 5.19. The number of benzene rings is 1. The van der Waals surface area contributed by atoms with Gasteiger partial charge in [-0.1, -0.05) is 6.07 Å². The summed E-state index contributed by atoms with van der Waals surface area (Å²) < 4.78 is 24.4. The van der Waals surface area contributed by atoms with Crippen LogP contribution in [0.3, 0.4) is 0 Å². The number of phenols is 2. The van der Waals surface area contributed by atoms with Crippen molar-refractivity contribution in [2.45, 2.75) is 31.8 Å². The van der Waals surface area contributed by atoms with E-state index in [2.05, 4.69) is 5.32 Å². The van der Waals surface area contributed by atoms with E-state index in [-0.39, 0.29) is 23.6 Å². The lowest BCUT2D eigenvalue weighted by atomic mass is 10.0. The fraction of sp³-hybridized carbons (Fsp3) is 0.571. The molecule has 21 heavy (non-hydrogen) atoms. The summed E-state index contributed by atoms with van der Waals surface area (Å²) in [7, 11) is -3.10. The van der Waals surface area contributed by atoms with Crippen molar-refractivity contribution < 1.29 is 18.6 Å². The molecule has 0 spiro atoms. The Morgan fingerprint density at radius 2 is 1.90 bits per heavy atom. The summed E-state index contributed by atoms with van der Waals surface area (Å²) in [5, 5.41) is 22.6. The summed E-state index contributed by atoms with van der Waals surface area (Å²) in [5.41, 5.74) is 0.721. The van der Waals surface area contributed by atoms with E-state index in [1.165, 1.54) is 16.6 Å². The number of sulfonamides is 1. The fourth-order valence-corrected chi connectivity index (χ4v) is 3.57. The normalized spacial score (nSPS) is 19.5. The Morgan fingerprint density at radius 1 is 1.29 bits per heavy atom. The highest BCUT2D eigenvalue weighted by atomic mass is 32.2. The van der Waals surface area contributed by atoms with Crippen LogP contribution in [-0.2, 0) is 10.0 Å². The summed E-state index contributed by atoms with van der Waals surface area (Å²) in [5.74, 6) is 0.0912. The molecule has 0 amide bonds. The molecule has 3 N–H and O–H groups in total. The number of nitrogens with zero attached hydrogens (tertiary/aromatic N) is 1. The molecule has 0 aliphatic carbocycles. The van der Waals surface area contributed by atoms with E-state index in [0.717, 1.165) is 18.4 Å². The van der Waals surface area contributed by atoms with Crippen LogP contribution in [0, 0.1) is 0 Å². The van der Waals surface area contributed by atoms with E-state index in [1.54, 1.807) is 12.1 Å². The van der Waals surface area contributed by atoms with Gasteiger partial charge in [0, 0.05) is 36.8 Å². The van der Waals surface area contributed by atoms with Crippen LogP contribution in [0.2, 0.25) is 0 Å². The van der Waals surface area contributed by atoms with Gasteiger partial charge in [-0.3, -0.25) is 0 Å². The second-order valence-electron chi connectivity index (χ2n) is 5.57. The maximum atomic E-state index is 11.5. The molecule has 1 aliphatic rings. The largest absolute Gasteiger partial charge is 0.508 e. The minimum absolute atomic E-state index is 0.0323. The van der Waals surface area contributed by atoms with Crippen LogP contribution in [0.4, 0.5) is 0 Å². The number of hydrogen-bond donors (Lipinski definition) is 3. The predicted octanol–water partition coefficient (Wildman–Crippen LogP) is 1.17. The second kappa shape index (κ2) is 6.21. The standard InChI is InChI=1S/C14H22N2O4S/c1-10(13-4-3-12(17)9-14(13)18)15-11-5-7-16(8-6-11)21(2,19)20/h3-4,9-11,15,17-18H,5-8H2,1-2H3. The number of rotatable bonds is 4. The molecule has 1 unspecified atom stereocenters. The molecule has 1 saturated heterocycles. The molecular formula is C14H22N2O4S. The van der Waals surface area contributed by atoms with E-state index in [4.69, 9.17) is 0 Å². The van der Waals surface area contributed by atoms with Crippen LogP contribution in [0.5, 0.6) is 11.5 Å². The van der Waals surface area contributed by atoms with Gasteiger partial charge < -0.3 is 15.5 Å². The van der Waals surface area contributed by atoms with Gasteiger partial charge in [-0.2, -0.15) is 0 Å². The van der Waals surface area contributed by atoms with Crippen LogP contribution in [0.25, 0.3) is 0 Å². The van der Waals surface area contributed by atoms with Crippen LogP contribution in [0.15, 0.2) is 18.2 Å². The summed E-state index contributed by atoms with van der Waals surface area (Å²) in [6.07, 6.45) is 2.73. The van der Waals surface area contributed by atoms with E-state index < -0.39 is 10.0 Å². The molecule has 118 valence electrons. The van der Waals surface area contributed by atoms with Crippen molar-refractivity contribution in [2.75, 3.05) is 19.3 Å². The molecule has 1 aromatic carbocycles. The molecule has 1 atom stereocenters. The number of hydrogen-bond acceptors (Lipinski definition) is 5. The third kappa shape index (κ3) is 4.09. The lowest BCUT2D eigenvalue weighted by Gasteiger charge is -2.32. The number of phenolic OH excluding ortho intramolecular Hbond substituents is 2. The number of aromatic hydroxyl groups is 2. The predicted molar refractivity (Wildman–Crippen MR) is 80.8 cm³/mol. The average Bonchev–Trinajstić information content (AvgIpc) is 2.38. The zero-order valence-corrected chi connectivity index (χ0v) is 13.1. The van der Waals surface area contributed by atoms with Crippen LogP contribution >= 0.6 is 0 Å². The van der Waals surface area contributed by atoms with Gasteiger partial charge in [0.15, 0.2) is 0 Å². The van der Waals surface area contributed by atoms with Gasteiger partial charge in [0.05, 0.1) is 6.26 Å². The summed E-state index contributed by atoms with van der Waals surface area (Å²) in [6, 6.07) is 4.69. The maximum Gasteiger partial charge on any atom is 0.211 e. The van der Waals surface area contributed by atoms with Crippen LogP contribution in [0.1, 0.15) is 31.4 Å². The number of nitrogens with one attached hydrogen (secondary N) is 1. The SMILES string of the molecule is CC(NC1CCN(S(C)(=O)=O)CC1)c1ccc(O)cc1O. The molecule has 0 aromatic heterocycles. The molecule has 1 heterocycles. The number of piperidine rings is 1. The smallest absolute Gasteiger partial charge is 0.211 e. The minimum Gasteiger partial charge on any atom is -0.508 e. The summed E-state index contributed by atoms with van der Waals surface area (Å²) in [4.78, 5) is 0. The van der Waals surface area contributed by atoms with E-state index in [0.29, 0.717) is 13.1 Å². The Morgan fingerprint density at radius 3 is 2.43 bits per heavy atom. The zero-order chi connectivity index (χ0) is 15.6. The Kier molecular flexibility index (Phi) is 4.75. The zero-order valence-electron chi connectivity index (χ0n) is 12.3. The quantitative estimate of drug-likeness (QED) is 0.776. The maximum absolute atomic E-state index is 11.5. The minimum atomic E-state index is -3.10. The van der Waals surface area contributed by atoms with Gasteiger partial charge >= 0.3 is 0 Å². The Labute approximate surface area is 125 Å². The second-order valence-corrected chi connectivity index (χ2v) is 7.55. The van der Waals surface area contributed by atoms with Crippen LogP contribution in [-0.4, -0.2) is 48.3 Å². The van der Waals surface area contributed by atoms with Crippen molar-refractivity contribution in [1.29, 1.82) is 0 Å². The average molecular weight is 314 g/mol. The fourth-order valence-electron chi connectivity index (χ4n) is 2.70. The highest BCUT2D eigenvalue weighted by Crippen LogP contribution is 2.28. The van der Waals surface area contributed by atoms with E-state index in [9.17, 15) is 18.6 Å². The third-order valence-electron chi connectivity index (χ3n) is 3.89. The van der Waals surface area contributed by atoms with E-state index in [1.807, 2.05) is 6.92 Å². The molecule has 1 aliphatic heterocycles. The first-order valence-corrected chi connectivity index (χ1v) is 8.85. The van der Waals surface area contributed by atoms with Gasteiger partial charge in [0.25, 0.3) is 0 Å². The first-order valence-electron chi connectivity index (χ1n) is 7.00. The Hall–Kier alpha value is -1.31. The monoisotopic (exact) mass is 314 g/mol. The van der Waals surface area contributed by atoms with Gasteiger partial charge in [0.2, 0.25) is 10.0 Å². The lowest BCUT2D eigenvalue weighted by Crippen LogP contribution is -2.45. The molecular weight excluding hydrogens is 292 g/mol. The molecule has 6 nitrogen and oxygen atoms in total. The molecule has 1 aromatic rings. The van der Waals surface area contributed by atoms with Crippen molar-refractivity contribution in [1.82, 2.24) is 9.62 Å². The van der Waals surface area contributed by atoms with Gasteiger partial charge in [0.1, 0.15) is 11.5 Å². The molecule has 0 radical (unpaired) electrons. The van der Waals surface area contributed by atoms with Crippen molar-refractivity contribution >= 4 is 10.0 Å². The van der Waals surface area contributed by atoms with Crippen LogP contribution < -0.4 is 5.32 Å². The highest BCUT2D eigenvalue weighted by Gasteiger charge is 2.26. The van der Waals surface area contributed by atoms with Gasteiger partial charge in [-0.05, 0) is 25.8 Å². The van der Waals surface area contributed by atoms with Gasteiger partial charge in [-0.15, -0.1) is 0 Å². The molecule has 0 bridgehead atoms. The first kappa shape index (κ1) is 16.1. The first-order chi connectivity index (χ1) is 9.77. The molecule has 1 fully saturated rings.